The van der Waals surface area contributed by atoms with Gasteiger partial charge in [-0.3, -0.25) is 4.79 Å². The molecule has 1 aromatic heterocycles. The number of piperazine rings is 1. The molecular weight excluding hydrogens is 408 g/mol. The van der Waals surface area contributed by atoms with Crippen molar-refractivity contribution < 1.29 is 13.2 Å². The molecule has 2 heterocycles. The number of rotatable bonds is 4. The summed E-state index contributed by atoms with van der Waals surface area (Å²) in [5, 5.41) is 0. The molecule has 0 aliphatic carbocycles. The van der Waals surface area contributed by atoms with Crippen molar-refractivity contribution in [1.29, 1.82) is 0 Å². The second-order valence-electron chi connectivity index (χ2n) is 6.86. The largest absolute Gasteiger partial charge is 0.337 e. The van der Waals surface area contributed by atoms with Gasteiger partial charge in [0.1, 0.15) is 15.9 Å². The van der Waals surface area contributed by atoms with E-state index in [0.717, 1.165) is 22.9 Å². The molecule has 0 radical (unpaired) electrons. The topological polar surface area (TPSA) is 83.5 Å². The molecular formula is C20H20N4O3S2. The summed E-state index contributed by atoms with van der Waals surface area (Å²) in [7, 11) is -3.69. The molecule has 0 bridgehead atoms. The Morgan fingerprint density at radius 2 is 1.76 bits per heavy atom. The van der Waals surface area contributed by atoms with E-state index < -0.39 is 10.0 Å². The second-order valence-corrected chi connectivity index (χ2v) is 9.30. The highest BCUT2D eigenvalue weighted by atomic mass is 32.2. The highest BCUT2D eigenvalue weighted by Gasteiger charge is 2.31. The molecule has 3 aromatic rings. The summed E-state index contributed by atoms with van der Waals surface area (Å²) < 4.78 is 35.8. The Kier molecular flexibility index (Phi) is 5.44. The zero-order valence-corrected chi connectivity index (χ0v) is 17.5. The predicted octanol–water partition coefficient (Wildman–Crippen LogP) is 2.55. The number of aryl methyl sites for hydroxylation is 1. The van der Waals surface area contributed by atoms with Gasteiger partial charge in [-0.05, 0) is 30.7 Å². The van der Waals surface area contributed by atoms with Gasteiger partial charge in [-0.15, -0.1) is 0 Å². The number of aromatic nitrogens is 2. The van der Waals surface area contributed by atoms with Gasteiger partial charge in [0, 0.05) is 32.3 Å². The maximum atomic E-state index is 13.1. The van der Waals surface area contributed by atoms with Crippen LogP contribution < -0.4 is 0 Å². The van der Waals surface area contributed by atoms with E-state index in [1.54, 1.807) is 29.2 Å². The van der Waals surface area contributed by atoms with Crippen LogP contribution in [0.1, 0.15) is 11.1 Å². The van der Waals surface area contributed by atoms with Gasteiger partial charge < -0.3 is 4.90 Å². The van der Waals surface area contributed by atoms with Crippen LogP contribution in [0.3, 0.4) is 0 Å². The number of hydrogen-bond donors (Lipinski definition) is 0. The summed E-state index contributed by atoms with van der Waals surface area (Å²) >= 11 is 0.995. The van der Waals surface area contributed by atoms with E-state index in [1.165, 1.54) is 10.4 Å². The average Bonchev–Trinajstić information content (AvgIpc) is 3.22. The van der Waals surface area contributed by atoms with Gasteiger partial charge in [0.15, 0.2) is 0 Å². The molecule has 1 saturated heterocycles. The molecule has 0 spiro atoms. The van der Waals surface area contributed by atoms with Crippen molar-refractivity contribution in [2.45, 2.75) is 11.8 Å². The predicted molar refractivity (Wildman–Crippen MR) is 113 cm³/mol. The van der Waals surface area contributed by atoms with Crippen LogP contribution in [0, 0.1) is 6.92 Å². The average molecular weight is 429 g/mol. The Labute approximate surface area is 173 Å². The molecule has 9 heteroatoms. The van der Waals surface area contributed by atoms with E-state index in [4.69, 9.17) is 0 Å². The second kappa shape index (κ2) is 8.02. The lowest BCUT2D eigenvalue weighted by molar-refractivity contribution is -0.127. The van der Waals surface area contributed by atoms with Crippen molar-refractivity contribution in [3.05, 3.63) is 59.7 Å². The van der Waals surface area contributed by atoms with E-state index in [0.29, 0.717) is 24.1 Å². The molecule has 1 amide bonds. The third kappa shape index (κ3) is 4.07. The van der Waals surface area contributed by atoms with Crippen LogP contribution >= 0.6 is 11.7 Å². The summed E-state index contributed by atoms with van der Waals surface area (Å²) in [6, 6.07) is 12.9. The molecule has 1 aliphatic rings. The normalized spacial score (nSPS) is 16.0. The van der Waals surface area contributed by atoms with Crippen molar-refractivity contribution in [2.24, 2.45) is 0 Å². The van der Waals surface area contributed by atoms with Crippen LogP contribution in [0.15, 0.2) is 53.4 Å². The lowest BCUT2D eigenvalue weighted by Crippen LogP contribution is -2.50. The van der Waals surface area contributed by atoms with Gasteiger partial charge in [-0.2, -0.15) is 13.1 Å². The summed E-state index contributed by atoms with van der Waals surface area (Å²) in [4.78, 5) is 14.3. The lowest BCUT2D eigenvalue weighted by Gasteiger charge is -2.33. The van der Waals surface area contributed by atoms with Crippen LogP contribution in [-0.4, -0.2) is 58.5 Å². The van der Waals surface area contributed by atoms with Crippen molar-refractivity contribution in [3.8, 4) is 0 Å². The Hall–Kier alpha value is -2.62. The molecule has 0 saturated carbocycles. The van der Waals surface area contributed by atoms with Gasteiger partial charge >= 0.3 is 0 Å². The number of fused-ring (bicyclic) bond motifs is 1. The molecule has 2 aromatic carbocycles. The molecule has 0 N–H and O–H groups in total. The summed E-state index contributed by atoms with van der Waals surface area (Å²) in [6.07, 6.45) is 3.32. The Morgan fingerprint density at radius 3 is 2.48 bits per heavy atom. The van der Waals surface area contributed by atoms with Gasteiger partial charge in [-0.1, -0.05) is 35.9 Å². The van der Waals surface area contributed by atoms with E-state index >= 15 is 0 Å². The van der Waals surface area contributed by atoms with Crippen molar-refractivity contribution in [3.63, 3.8) is 0 Å². The summed E-state index contributed by atoms with van der Waals surface area (Å²) in [5.74, 6) is -0.117. The van der Waals surface area contributed by atoms with Crippen LogP contribution in [0.2, 0.25) is 0 Å². The number of sulfonamides is 1. The van der Waals surface area contributed by atoms with E-state index in [1.807, 2.05) is 31.2 Å². The molecule has 7 nitrogen and oxygen atoms in total. The maximum Gasteiger partial charge on any atom is 0.246 e. The molecule has 0 atom stereocenters. The van der Waals surface area contributed by atoms with Gasteiger partial charge in [0.2, 0.25) is 15.9 Å². The van der Waals surface area contributed by atoms with E-state index in [2.05, 4.69) is 8.75 Å². The SMILES string of the molecule is Cc1ccc(/C=C/C(=O)N2CCN(S(=O)(=O)c3cccc4nsnc34)CC2)cc1. The molecule has 29 heavy (non-hydrogen) atoms. The maximum absolute atomic E-state index is 13.1. The van der Waals surface area contributed by atoms with Crippen LogP contribution in [0.5, 0.6) is 0 Å². The molecule has 1 fully saturated rings. The van der Waals surface area contributed by atoms with Crippen molar-refractivity contribution in [2.75, 3.05) is 26.2 Å². The highest BCUT2D eigenvalue weighted by molar-refractivity contribution is 7.89. The van der Waals surface area contributed by atoms with Gasteiger partial charge in [0.05, 0.1) is 11.7 Å². The minimum absolute atomic E-state index is 0.117. The monoisotopic (exact) mass is 428 g/mol. The standard InChI is InChI=1S/C20H20N4O3S2/c1-15-5-7-16(8-6-15)9-10-19(25)23-11-13-24(14-12-23)29(26,27)18-4-2-3-17-20(18)22-28-21-17/h2-10H,11-14H2,1H3/b10-9+. The molecule has 1 aliphatic heterocycles. The quantitative estimate of drug-likeness (QED) is 0.597. The fraction of sp³-hybridized carbons (Fsp3) is 0.250. The number of nitrogens with zero attached hydrogens (tertiary/aromatic N) is 4. The first-order valence-electron chi connectivity index (χ1n) is 9.20. The number of carbonyl (C=O) groups excluding carboxylic acids is 1. The highest BCUT2D eigenvalue weighted by Crippen LogP contribution is 2.25. The van der Waals surface area contributed by atoms with Crippen molar-refractivity contribution in [1.82, 2.24) is 18.0 Å². The summed E-state index contributed by atoms with van der Waals surface area (Å²) in [5.41, 5.74) is 3.09. The molecule has 150 valence electrons. The lowest BCUT2D eigenvalue weighted by atomic mass is 10.1. The van der Waals surface area contributed by atoms with E-state index in [9.17, 15) is 13.2 Å². The van der Waals surface area contributed by atoms with Gasteiger partial charge in [-0.25, -0.2) is 8.42 Å². The van der Waals surface area contributed by atoms with Crippen LogP contribution in [0.25, 0.3) is 17.1 Å². The Morgan fingerprint density at radius 1 is 1.03 bits per heavy atom. The minimum Gasteiger partial charge on any atom is -0.337 e. The Balaban J connectivity index is 1.43. The third-order valence-electron chi connectivity index (χ3n) is 4.91. The first-order chi connectivity index (χ1) is 13.9. The molecule has 0 unspecified atom stereocenters. The summed E-state index contributed by atoms with van der Waals surface area (Å²) in [6.45, 7) is 3.21. The fourth-order valence-electron chi connectivity index (χ4n) is 3.23. The van der Waals surface area contributed by atoms with E-state index in [-0.39, 0.29) is 23.9 Å². The number of amides is 1. The minimum atomic E-state index is -3.69. The smallest absolute Gasteiger partial charge is 0.246 e. The molecule has 4 rings (SSSR count). The third-order valence-corrected chi connectivity index (χ3v) is 7.39. The number of carbonyl (C=O) groups is 1. The van der Waals surface area contributed by atoms with Crippen LogP contribution in [-0.2, 0) is 14.8 Å². The van der Waals surface area contributed by atoms with Crippen LogP contribution in [0.4, 0.5) is 0 Å². The number of benzene rings is 2. The fourth-order valence-corrected chi connectivity index (χ4v) is 5.40. The van der Waals surface area contributed by atoms with Gasteiger partial charge in [0.25, 0.3) is 0 Å². The van der Waals surface area contributed by atoms with Crippen molar-refractivity contribution >= 4 is 44.8 Å². The number of hydrogen-bond acceptors (Lipinski definition) is 6. The zero-order valence-electron chi connectivity index (χ0n) is 15.9. The first kappa shape index (κ1) is 19.7. The Bertz CT molecular complexity index is 1160. The zero-order chi connectivity index (χ0) is 20.4. The first-order valence-corrected chi connectivity index (χ1v) is 11.4.